The second kappa shape index (κ2) is 9.92. The number of pyridine rings is 1. The fourth-order valence-electron chi connectivity index (χ4n) is 4.46. The van der Waals surface area contributed by atoms with Gasteiger partial charge in [-0.25, -0.2) is 4.98 Å². The van der Waals surface area contributed by atoms with E-state index in [1.54, 1.807) is 42.6 Å². The zero-order valence-electron chi connectivity index (χ0n) is 19.4. The van der Waals surface area contributed by atoms with Crippen molar-refractivity contribution in [2.24, 2.45) is 0 Å². The van der Waals surface area contributed by atoms with E-state index in [2.05, 4.69) is 11.9 Å². The molecule has 178 valence electrons. The van der Waals surface area contributed by atoms with Crippen molar-refractivity contribution >= 4 is 34.3 Å². The van der Waals surface area contributed by atoms with Gasteiger partial charge in [0.1, 0.15) is 17.2 Å². The van der Waals surface area contributed by atoms with Crippen LogP contribution < -0.4 is 15.1 Å². The van der Waals surface area contributed by atoms with Crippen molar-refractivity contribution in [3.8, 4) is 5.75 Å². The van der Waals surface area contributed by atoms with Crippen molar-refractivity contribution in [3.63, 3.8) is 0 Å². The van der Waals surface area contributed by atoms with Gasteiger partial charge in [-0.05, 0) is 54.4 Å². The molecule has 35 heavy (non-hydrogen) atoms. The first-order valence-corrected chi connectivity index (χ1v) is 12.2. The van der Waals surface area contributed by atoms with Crippen LogP contribution in [-0.2, 0) is 0 Å². The summed E-state index contributed by atoms with van der Waals surface area (Å²) < 4.78 is 11.8. The van der Waals surface area contributed by atoms with Gasteiger partial charge >= 0.3 is 0 Å². The third kappa shape index (κ3) is 4.42. The lowest BCUT2D eigenvalue weighted by Crippen LogP contribution is -2.30. The molecule has 1 amide bonds. The number of nitrogens with zero attached hydrogens (tertiary/aromatic N) is 2. The molecule has 0 saturated carbocycles. The van der Waals surface area contributed by atoms with Crippen LogP contribution in [0.2, 0.25) is 5.02 Å². The topological polar surface area (TPSA) is 72.6 Å². The first-order valence-electron chi connectivity index (χ1n) is 11.8. The number of fused-ring (bicyclic) bond motifs is 2. The number of unbranched alkanes of at least 4 members (excludes halogenated alkanes) is 3. The van der Waals surface area contributed by atoms with E-state index in [0.29, 0.717) is 28.4 Å². The fraction of sp³-hybridized carbons (Fsp3) is 0.250. The molecule has 0 aliphatic carbocycles. The molecule has 1 aliphatic rings. The van der Waals surface area contributed by atoms with Crippen LogP contribution >= 0.6 is 11.6 Å². The Kier molecular flexibility index (Phi) is 6.55. The third-order valence-corrected chi connectivity index (χ3v) is 6.43. The Bertz CT molecular complexity index is 1420. The molecular formula is C28H25ClN2O4. The number of hydrogen-bond acceptors (Lipinski definition) is 5. The second-order valence-corrected chi connectivity index (χ2v) is 8.99. The molecule has 0 spiro atoms. The zero-order valence-corrected chi connectivity index (χ0v) is 20.1. The number of amides is 1. The van der Waals surface area contributed by atoms with Gasteiger partial charge in [0.2, 0.25) is 5.76 Å². The summed E-state index contributed by atoms with van der Waals surface area (Å²) in [6.07, 6.45) is 6.14. The monoisotopic (exact) mass is 488 g/mol. The maximum absolute atomic E-state index is 13.6. The number of carbonyl (C=O) groups excluding carboxylic acids is 1. The van der Waals surface area contributed by atoms with Crippen LogP contribution in [0.3, 0.4) is 0 Å². The van der Waals surface area contributed by atoms with Crippen molar-refractivity contribution in [1.82, 2.24) is 4.98 Å². The second-order valence-electron chi connectivity index (χ2n) is 8.56. The number of ether oxygens (including phenoxy) is 1. The van der Waals surface area contributed by atoms with Gasteiger partial charge in [-0.2, -0.15) is 0 Å². The van der Waals surface area contributed by atoms with Gasteiger partial charge in [-0.1, -0.05) is 56.0 Å². The molecule has 0 bridgehead atoms. The van der Waals surface area contributed by atoms with Crippen LogP contribution in [0.5, 0.6) is 5.75 Å². The van der Waals surface area contributed by atoms with Crippen molar-refractivity contribution in [2.75, 3.05) is 11.5 Å². The number of benzene rings is 2. The molecule has 1 unspecified atom stereocenters. The number of carbonyl (C=O) groups is 1. The Balaban J connectivity index is 1.56. The van der Waals surface area contributed by atoms with Gasteiger partial charge in [-0.15, -0.1) is 0 Å². The van der Waals surface area contributed by atoms with E-state index < -0.39 is 11.9 Å². The predicted octanol–water partition coefficient (Wildman–Crippen LogP) is 6.55. The number of halogens is 1. The van der Waals surface area contributed by atoms with Gasteiger partial charge in [0.25, 0.3) is 5.91 Å². The third-order valence-electron chi connectivity index (χ3n) is 6.19. The zero-order chi connectivity index (χ0) is 24.4. The standard InChI is InChI=1S/C28H25ClN2O4/c1-2-3-4-7-16-34-20-12-9-18(10-13-20)25-24-26(32)21-17-19(29)11-14-22(21)35-27(24)28(33)31(25)23-8-5-6-15-30-23/h5-6,8-15,17,25H,2-4,7,16H2,1H3. The molecule has 0 fully saturated rings. The smallest absolute Gasteiger partial charge is 0.296 e. The molecule has 0 radical (unpaired) electrons. The summed E-state index contributed by atoms with van der Waals surface area (Å²) in [5, 5.41) is 0.761. The molecule has 7 heteroatoms. The molecule has 1 aliphatic heterocycles. The van der Waals surface area contributed by atoms with Crippen LogP contribution in [0.1, 0.15) is 60.3 Å². The van der Waals surface area contributed by atoms with Crippen molar-refractivity contribution < 1.29 is 13.9 Å². The van der Waals surface area contributed by atoms with Gasteiger partial charge < -0.3 is 9.15 Å². The van der Waals surface area contributed by atoms with Crippen molar-refractivity contribution in [1.29, 1.82) is 0 Å². The van der Waals surface area contributed by atoms with Crippen LogP contribution in [0.25, 0.3) is 11.0 Å². The molecule has 0 N–H and O–H groups in total. The predicted molar refractivity (Wildman–Crippen MR) is 136 cm³/mol. The molecule has 5 rings (SSSR count). The Morgan fingerprint density at radius 2 is 1.86 bits per heavy atom. The van der Waals surface area contributed by atoms with Crippen LogP contribution in [-0.4, -0.2) is 17.5 Å². The lowest BCUT2D eigenvalue weighted by molar-refractivity contribution is 0.0970. The number of hydrogen-bond donors (Lipinski definition) is 0. The first-order chi connectivity index (χ1) is 17.1. The quantitative estimate of drug-likeness (QED) is 0.263. The summed E-state index contributed by atoms with van der Waals surface area (Å²) in [7, 11) is 0. The van der Waals surface area contributed by atoms with Gasteiger partial charge in [0, 0.05) is 11.2 Å². The van der Waals surface area contributed by atoms with E-state index in [1.165, 1.54) is 17.7 Å². The largest absolute Gasteiger partial charge is 0.494 e. The highest BCUT2D eigenvalue weighted by atomic mass is 35.5. The number of rotatable bonds is 8. The molecule has 2 aromatic heterocycles. The fourth-order valence-corrected chi connectivity index (χ4v) is 4.63. The van der Waals surface area contributed by atoms with E-state index in [4.69, 9.17) is 20.8 Å². The molecular weight excluding hydrogens is 464 g/mol. The molecule has 1 atom stereocenters. The van der Waals surface area contributed by atoms with Crippen molar-refractivity contribution in [3.05, 3.63) is 99.0 Å². The van der Waals surface area contributed by atoms with E-state index in [1.807, 2.05) is 24.3 Å². The molecule has 6 nitrogen and oxygen atoms in total. The highest BCUT2D eigenvalue weighted by Crippen LogP contribution is 2.41. The minimum Gasteiger partial charge on any atom is -0.494 e. The molecule has 2 aromatic carbocycles. The highest BCUT2D eigenvalue weighted by Gasteiger charge is 2.44. The summed E-state index contributed by atoms with van der Waals surface area (Å²) in [5.74, 6) is 0.800. The maximum Gasteiger partial charge on any atom is 0.296 e. The summed E-state index contributed by atoms with van der Waals surface area (Å²) in [4.78, 5) is 33.1. The van der Waals surface area contributed by atoms with Crippen molar-refractivity contribution in [2.45, 2.75) is 38.6 Å². The number of aromatic nitrogens is 1. The van der Waals surface area contributed by atoms with E-state index in [0.717, 1.165) is 24.2 Å². The van der Waals surface area contributed by atoms with E-state index in [-0.39, 0.29) is 16.8 Å². The SMILES string of the molecule is CCCCCCOc1ccc(C2c3c(oc4ccc(Cl)cc4c3=O)C(=O)N2c2ccccn2)cc1. The average Bonchev–Trinajstić information content (AvgIpc) is 3.18. The summed E-state index contributed by atoms with van der Waals surface area (Å²) in [5.41, 5.74) is 1.08. The summed E-state index contributed by atoms with van der Waals surface area (Å²) in [6.45, 7) is 2.83. The Morgan fingerprint density at radius 1 is 1.03 bits per heavy atom. The summed E-state index contributed by atoms with van der Waals surface area (Å²) in [6, 6.07) is 16.9. The molecule has 4 aromatic rings. The van der Waals surface area contributed by atoms with Gasteiger partial charge in [-0.3, -0.25) is 14.5 Å². The highest BCUT2D eigenvalue weighted by molar-refractivity contribution is 6.31. The minimum atomic E-state index is -0.689. The van der Waals surface area contributed by atoms with Crippen LogP contribution in [0, 0.1) is 0 Å². The Labute approximate surface area is 208 Å². The number of anilines is 1. The average molecular weight is 489 g/mol. The molecule has 3 heterocycles. The lowest BCUT2D eigenvalue weighted by atomic mass is 9.98. The Hall–Kier alpha value is -3.64. The van der Waals surface area contributed by atoms with E-state index >= 15 is 0 Å². The first kappa shape index (κ1) is 23.1. The molecule has 0 saturated heterocycles. The summed E-state index contributed by atoms with van der Waals surface area (Å²) >= 11 is 6.15. The lowest BCUT2D eigenvalue weighted by Gasteiger charge is -2.24. The van der Waals surface area contributed by atoms with Gasteiger partial charge in [0.05, 0.1) is 23.6 Å². The van der Waals surface area contributed by atoms with Crippen LogP contribution in [0.4, 0.5) is 5.82 Å². The van der Waals surface area contributed by atoms with Crippen LogP contribution in [0.15, 0.2) is 76.1 Å². The van der Waals surface area contributed by atoms with E-state index in [9.17, 15) is 9.59 Å². The normalized spacial score (nSPS) is 15.0. The minimum absolute atomic E-state index is 0.0247. The Morgan fingerprint density at radius 3 is 2.60 bits per heavy atom. The van der Waals surface area contributed by atoms with Gasteiger partial charge in [0.15, 0.2) is 5.43 Å². The maximum atomic E-state index is 13.6.